The Morgan fingerprint density at radius 3 is 1.56 bits per heavy atom. The van der Waals surface area contributed by atoms with Crippen molar-refractivity contribution in [2.45, 2.75) is 0 Å². The zero-order chi connectivity index (χ0) is 34.4. The number of nitrogens with one attached hydrogen (secondary N) is 1. The van der Waals surface area contributed by atoms with Gasteiger partial charge in [0.25, 0.3) is 0 Å². The summed E-state index contributed by atoms with van der Waals surface area (Å²) < 4.78 is 5.16. The second-order valence-corrected chi connectivity index (χ2v) is 15.2. The highest BCUT2D eigenvalue weighted by Crippen LogP contribution is 2.47. The van der Waals surface area contributed by atoms with Gasteiger partial charge in [-0.2, -0.15) is 0 Å². The van der Waals surface area contributed by atoms with Crippen molar-refractivity contribution in [2.24, 2.45) is 0 Å². The normalized spacial score (nSPS) is 11.5. The van der Waals surface area contributed by atoms with E-state index in [1.807, 2.05) is 22.7 Å². The SMILES string of the molecule is c1ccc(-c2ccccc2N(c2ccc3c(c2)sc2ccc(Nc4ccc5c(c4)sc4ccccc45)cc23)c2ccccc2-c2ccccc2)cc1. The Bertz CT molecular complexity index is 2800. The second-order valence-electron chi connectivity index (χ2n) is 13.0. The Kier molecular flexibility index (Phi) is 7.56. The summed E-state index contributed by atoms with van der Waals surface area (Å²) in [6.45, 7) is 0. The summed E-state index contributed by atoms with van der Waals surface area (Å²) in [7, 11) is 0. The zero-order valence-corrected chi connectivity index (χ0v) is 29.8. The second kappa shape index (κ2) is 12.8. The van der Waals surface area contributed by atoms with Crippen molar-refractivity contribution in [2.75, 3.05) is 10.2 Å². The maximum atomic E-state index is 3.71. The number of para-hydroxylation sites is 2. The van der Waals surface area contributed by atoms with Crippen LogP contribution in [0.2, 0.25) is 0 Å². The first-order valence-corrected chi connectivity index (χ1v) is 19.1. The van der Waals surface area contributed by atoms with Crippen LogP contribution in [0.3, 0.4) is 0 Å². The van der Waals surface area contributed by atoms with Crippen LogP contribution in [0.25, 0.3) is 62.6 Å². The lowest BCUT2D eigenvalue weighted by molar-refractivity contribution is 1.29. The van der Waals surface area contributed by atoms with E-state index in [0.717, 1.165) is 28.4 Å². The molecule has 0 saturated heterocycles. The lowest BCUT2D eigenvalue weighted by Gasteiger charge is -2.30. The lowest BCUT2D eigenvalue weighted by atomic mass is 9.99. The van der Waals surface area contributed by atoms with Gasteiger partial charge in [-0.05, 0) is 71.8 Å². The Labute approximate surface area is 310 Å². The van der Waals surface area contributed by atoms with Crippen LogP contribution in [0.1, 0.15) is 0 Å². The average Bonchev–Trinajstić information content (AvgIpc) is 3.76. The summed E-state index contributed by atoms with van der Waals surface area (Å²) >= 11 is 3.70. The molecule has 0 aliphatic rings. The molecule has 0 bridgehead atoms. The molecule has 2 aromatic heterocycles. The van der Waals surface area contributed by atoms with Gasteiger partial charge in [-0.25, -0.2) is 0 Å². The monoisotopic (exact) mass is 700 g/mol. The largest absolute Gasteiger partial charge is 0.355 e. The van der Waals surface area contributed by atoms with E-state index in [-0.39, 0.29) is 0 Å². The Morgan fingerprint density at radius 1 is 0.346 bits per heavy atom. The minimum absolute atomic E-state index is 1.09. The zero-order valence-electron chi connectivity index (χ0n) is 28.2. The fourth-order valence-corrected chi connectivity index (χ4v) is 9.69. The standard InChI is InChI=1S/C48H32N2S2/c1-3-13-32(14-4-1)37-17-7-10-20-43(37)50(44-21-11-8-18-38(44)33-15-5-2-6-16-33)36-25-27-41-42-29-34(24-28-46(42)52-48(41)31-36)49-35-23-26-40-39-19-9-12-22-45(39)51-47(40)30-35/h1-31,49H. The molecule has 4 heteroatoms. The molecule has 0 atom stereocenters. The molecule has 1 N–H and O–H groups in total. The molecule has 8 aromatic carbocycles. The molecular formula is C48H32N2S2. The number of nitrogens with zero attached hydrogens (tertiary/aromatic N) is 1. The van der Waals surface area contributed by atoms with Gasteiger partial charge in [0, 0.05) is 68.5 Å². The van der Waals surface area contributed by atoms with E-state index >= 15 is 0 Å². The van der Waals surface area contributed by atoms with Crippen molar-refractivity contribution >= 4 is 91.5 Å². The van der Waals surface area contributed by atoms with Gasteiger partial charge < -0.3 is 10.2 Å². The van der Waals surface area contributed by atoms with E-state index in [1.165, 1.54) is 62.6 Å². The molecule has 2 heterocycles. The Morgan fingerprint density at radius 2 is 0.846 bits per heavy atom. The molecule has 2 nitrogen and oxygen atoms in total. The smallest absolute Gasteiger partial charge is 0.0540 e. The summed E-state index contributed by atoms with van der Waals surface area (Å²) in [6.07, 6.45) is 0. The molecule has 0 aliphatic carbocycles. The van der Waals surface area contributed by atoms with E-state index < -0.39 is 0 Å². The molecular weight excluding hydrogens is 669 g/mol. The molecule has 10 rings (SSSR count). The molecule has 0 amide bonds. The third-order valence-electron chi connectivity index (χ3n) is 9.84. The van der Waals surface area contributed by atoms with Gasteiger partial charge in [0.05, 0.1) is 11.4 Å². The predicted octanol–water partition coefficient (Wildman–Crippen LogP) is 15.0. The van der Waals surface area contributed by atoms with Gasteiger partial charge in [0.15, 0.2) is 0 Å². The Hall–Kier alpha value is -6.20. The molecule has 0 unspecified atom stereocenters. The van der Waals surface area contributed by atoms with Gasteiger partial charge in [-0.1, -0.05) is 127 Å². The summed E-state index contributed by atoms with van der Waals surface area (Å²) in [4.78, 5) is 2.44. The molecule has 52 heavy (non-hydrogen) atoms. The Balaban J connectivity index is 1.08. The van der Waals surface area contributed by atoms with Crippen LogP contribution in [0.15, 0.2) is 188 Å². The van der Waals surface area contributed by atoms with Crippen molar-refractivity contribution in [3.8, 4) is 22.3 Å². The van der Waals surface area contributed by atoms with Gasteiger partial charge in [0.2, 0.25) is 0 Å². The van der Waals surface area contributed by atoms with Crippen LogP contribution in [-0.2, 0) is 0 Å². The highest BCUT2D eigenvalue weighted by molar-refractivity contribution is 7.26. The lowest BCUT2D eigenvalue weighted by Crippen LogP contribution is -2.12. The van der Waals surface area contributed by atoms with Crippen LogP contribution in [0.5, 0.6) is 0 Å². The number of anilines is 5. The summed E-state index contributed by atoms with van der Waals surface area (Å²) in [5.41, 5.74) is 10.3. The van der Waals surface area contributed by atoms with Gasteiger partial charge in [-0.3, -0.25) is 0 Å². The first kappa shape index (κ1) is 30.6. The molecule has 246 valence electrons. The van der Waals surface area contributed by atoms with Crippen molar-refractivity contribution in [1.29, 1.82) is 0 Å². The van der Waals surface area contributed by atoms with Crippen LogP contribution in [-0.4, -0.2) is 0 Å². The highest BCUT2D eigenvalue weighted by Gasteiger charge is 2.21. The molecule has 10 aromatic rings. The van der Waals surface area contributed by atoms with Crippen molar-refractivity contribution in [1.82, 2.24) is 0 Å². The number of rotatable bonds is 7. The molecule has 0 fully saturated rings. The number of benzene rings is 8. The van der Waals surface area contributed by atoms with Crippen LogP contribution in [0.4, 0.5) is 28.4 Å². The molecule has 0 saturated carbocycles. The highest BCUT2D eigenvalue weighted by atomic mass is 32.1. The number of hydrogen-bond donors (Lipinski definition) is 1. The predicted molar refractivity (Wildman–Crippen MR) is 227 cm³/mol. The summed E-state index contributed by atoms with van der Waals surface area (Å²) in [5.74, 6) is 0. The summed E-state index contributed by atoms with van der Waals surface area (Å²) in [5, 5.41) is 8.87. The van der Waals surface area contributed by atoms with Crippen LogP contribution in [0, 0.1) is 0 Å². The minimum Gasteiger partial charge on any atom is -0.355 e. The van der Waals surface area contributed by atoms with Crippen molar-refractivity contribution in [3.63, 3.8) is 0 Å². The quantitative estimate of drug-likeness (QED) is 0.178. The molecule has 0 spiro atoms. The molecule has 0 aliphatic heterocycles. The van der Waals surface area contributed by atoms with E-state index in [0.29, 0.717) is 0 Å². The minimum atomic E-state index is 1.09. The van der Waals surface area contributed by atoms with Gasteiger partial charge in [-0.15, -0.1) is 22.7 Å². The first-order chi connectivity index (χ1) is 25.8. The average molecular weight is 701 g/mol. The number of thiophene rings is 2. The van der Waals surface area contributed by atoms with Gasteiger partial charge in [0.1, 0.15) is 0 Å². The fraction of sp³-hybridized carbons (Fsp3) is 0. The number of fused-ring (bicyclic) bond motifs is 6. The van der Waals surface area contributed by atoms with Crippen LogP contribution >= 0.6 is 22.7 Å². The topological polar surface area (TPSA) is 15.3 Å². The third-order valence-corrected chi connectivity index (χ3v) is 12.1. The van der Waals surface area contributed by atoms with Crippen LogP contribution < -0.4 is 10.2 Å². The van der Waals surface area contributed by atoms with E-state index in [1.54, 1.807) is 0 Å². The third kappa shape index (κ3) is 5.41. The maximum absolute atomic E-state index is 3.71. The van der Waals surface area contributed by atoms with Gasteiger partial charge >= 0.3 is 0 Å². The first-order valence-electron chi connectivity index (χ1n) is 17.5. The van der Waals surface area contributed by atoms with E-state index in [2.05, 4.69) is 198 Å². The molecule has 0 radical (unpaired) electrons. The fourth-order valence-electron chi connectivity index (χ4n) is 7.42. The number of hydrogen-bond acceptors (Lipinski definition) is 4. The maximum Gasteiger partial charge on any atom is 0.0540 e. The van der Waals surface area contributed by atoms with E-state index in [4.69, 9.17) is 0 Å². The van der Waals surface area contributed by atoms with Crippen molar-refractivity contribution in [3.05, 3.63) is 188 Å². The summed E-state index contributed by atoms with van der Waals surface area (Å²) in [6, 6.07) is 68.0. The van der Waals surface area contributed by atoms with Crippen molar-refractivity contribution < 1.29 is 0 Å². The van der Waals surface area contributed by atoms with E-state index in [9.17, 15) is 0 Å².